The third-order valence-corrected chi connectivity index (χ3v) is 8.26. The summed E-state index contributed by atoms with van der Waals surface area (Å²) in [7, 11) is 1.62. The molecule has 1 amide bonds. The molecule has 2 aliphatic heterocycles. The summed E-state index contributed by atoms with van der Waals surface area (Å²) in [5, 5.41) is 11.9. The fraction of sp³-hybridized carbons (Fsp3) is 0.387. The number of piperidine rings is 1. The number of hydrogen-bond donors (Lipinski definition) is 1. The van der Waals surface area contributed by atoms with Crippen LogP contribution < -0.4 is 10.3 Å². The highest BCUT2D eigenvalue weighted by Crippen LogP contribution is 2.36. The lowest BCUT2D eigenvalue weighted by Crippen LogP contribution is -2.51. The third kappa shape index (κ3) is 5.02. The molecule has 0 radical (unpaired) electrons. The lowest BCUT2D eigenvalue weighted by atomic mass is 9.86. The number of carbonyl (C=O) groups excluding carboxylic acids is 1. The van der Waals surface area contributed by atoms with Crippen molar-refractivity contribution in [2.75, 3.05) is 26.8 Å². The van der Waals surface area contributed by atoms with Crippen molar-refractivity contribution in [2.24, 2.45) is 5.92 Å². The van der Waals surface area contributed by atoms with E-state index in [1.807, 2.05) is 70.3 Å². The molecule has 208 valence electrons. The van der Waals surface area contributed by atoms with Crippen molar-refractivity contribution in [1.82, 2.24) is 19.0 Å². The summed E-state index contributed by atoms with van der Waals surface area (Å²) in [5.41, 5.74) is 1.15. The Morgan fingerprint density at radius 1 is 1.10 bits per heavy atom. The fourth-order valence-corrected chi connectivity index (χ4v) is 5.98. The van der Waals surface area contributed by atoms with Crippen LogP contribution in [-0.4, -0.2) is 62.4 Å². The lowest BCUT2D eigenvalue weighted by molar-refractivity contribution is -0.149. The van der Waals surface area contributed by atoms with Crippen LogP contribution in [0.15, 0.2) is 78.0 Å². The Balaban J connectivity index is 1.14. The zero-order valence-corrected chi connectivity index (χ0v) is 22.6. The van der Waals surface area contributed by atoms with Crippen molar-refractivity contribution in [3.8, 4) is 11.4 Å². The quantitative estimate of drug-likeness (QED) is 0.399. The Morgan fingerprint density at radius 2 is 1.85 bits per heavy atom. The van der Waals surface area contributed by atoms with Crippen molar-refractivity contribution >= 4 is 16.9 Å². The van der Waals surface area contributed by atoms with Gasteiger partial charge in [0.05, 0.1) is 36.7 Å². The van der Waals surface area contributed by atoms with Crippen LogP contribution in [-0.2, 0) is 16.1 Å². The van der Waals surface area contributed by atoms with Gasteiger partial charge in [-0.25, -0.2) is 4.98 Å². The summed E-state index contributed by atoms with van der Waals surface area (Å²) in [6.45, 7) is 1.65. The van der Waals surface area contributed by atoms with Crippen LogP contribution in [0.25, 0.3) is 16.7 Å². The van der Waals surface area contributed by atoms with Crippen LogP contribution in [0, 0.1) is 5.92 Å². The SMILES string of the molecule is COc1ccc(-n2ccc3c(=O)n(CC4(O)CCN(C(=O)[C@@H]5CCCO[C@H]5c5ccccc5)CC4)cnc32)cc1. The predicted octanol–water partition coefficient (Wildman–Crippen LogP) is 3.72. The number of ether oxygens (including phenoxy) is 2. The minimum Gasteiger partial charge on any atom is -0.497 e. The summed E-state index contributed by atoms with van der Waals surface area (Å²) in [5.74, 6) is 0.599. The Bertz CT molecular complexity index is 1540. The van der Waals surface area contributed by atoms with Crippen molar-refractivity contribution in [3.05, 3.63) is 89.1 Å². The molecule has 2 atom stereocenters. The molecule has 2 aliphatic rings. The van der Waals surface area contributed by atoms with E-state index in [1.165, 1.54) is 10.9 Å². The predicted molar refractivity (Wildman–Crippen MR) is 151 cm³/mol. The Morgan fingerprint density at radius 3 is 2.58 bits per heavy atom. The van der Waals surface area contributed by atoms with E-state index in [2.05, 4.69) is 4.98 Å². The molecule has 4 aromatic rings. The summed E-state index contributed by atoms with van der Waals surface area (Å²) >= 11 is 0. The smallest absolute Gasteiger partial charge is 0.262 e. The number of likely N-dealkylation sites (tertiary alicyclic amines) is 1. The molecule has 6 rings (SSSR count). The second-order valence-corrected chi connectivity index (χ2v) is 10.8. The molecule has 0 unspecified atom stereocenters. The van der Waals surface area contributed by atoms with E-state index in [-0.39, 0.29) is 30.0 Å². The molecule has 2 aromatic carbocycles. The minimum atomic E-state index is -1.10. The van der Waals surface area contributed by atoms with Crippen LogP contribution in [0.1, 0.15) is 37.4 Å². The van der Waals surface area contributed by atoms with Crippen molar-refractivity contribution in [2.45, 2.75) is 43.9 Å². The topological polar surface area (TPSA) is 98.8 Å². The molecule has 2 saturated heterocycles. The minimum absolute atomic E-state index is 0.0794. The normalized spacial score (nSPS) is 20.9. The molecule has 1 N–H and O–H groups in total. The van der Waals surface area contributed by atoms with Crippen molar-refractivity contribution in [3.63, 3.8) is 0 Å². The van der Waals surface area contributed by atoms with Crippen LogP contribution in [0.3, 0.4) is 0 Å². The summed E-state index contributed by atoms with van der Waals surface area (Å²) in [4.78, 5) is 33.3. The number of amides is 1. The second-order valence-electron chi connectivity index (χ2n) is 10.8. The van der Waals surface area contributed by atoms with E-state index in [0.717, 1.165) is 29.8 Å². The highest BCUT2D eigenvalue weighted by molar-refractivity contribution is 5.80. The monoisotopic (exact) mass is 542 g/mol. The largest absolute Gasteiger partial charge is 0.497 e. The average Bonchev–Trinajstić information content (AvgIpc) is 3.44. The molecule has 9 nitrogen and oxygen atoms in total. The zero-order chi connectivity index (χ0) is 27.7. The molecule has 9 heteroatoms. The maximum Gasteiger partial charge on any atom is 0.262 e. The maximum absolute atomic E-state index is 13.6. The van der Waals surface area contributed by atoms with Gasteiger partial charge in [-0.15, -0.1) is 0 Å². The van der Waals surface area contributed by atoms with Gasteiger partial charge in [-0.1, -0.05) is 30.3 Å². The zero-order valence-electron chi connectivity index (χ0n) is 22.6. The molecule has 4 heterocycles. The van der Waals surface area contributed by atoms with E-state index in [9.17, 15) is 14.7 Å². The van der Waals surface area contributed by atoms with Gasteiger partial charge in [-0.3, -0.25) is 14.2 Å². The summed E-state index contributed by atoms with van der Waals surface area (Å²) < 4.78 is 14.6. The van der Waals surface area contributed by atoms with Gasteiger partial charge < -0.3 is 24.0 Å². The van der Waals surface area contributed by atoms with E-state index in [0.29, 0.717) is 43.6 Å². The fourth-order valence-electron chi connectivity index (χ4n) is 5.98. The van der Waals surface area contributed by atoms with E-state index in [1.54, 1.807) is 13.2 Å². The average molecular weight is 543 g/mol. The Labute approximate surface area is 232 Å². The first-order valence-corrected chi connectivity index (χ1v) is 13.8. The standard InChI is InChI=1S/C31H34N4O5/c1-39-24-11-9-23(10-12-24)35-16-13-26-28(35)32-21-34(30(26)37)20-31(38)14-17-33(18-15-31)29(36)25-8-5-19-40-27(25)22-6-3-2-4-7-22/h2-4,6-7,9-13,16,21,25,27,38H,5,8,14-15,17-20H2,1H3/t25-,27+/m1/s1. The first kappa shape index (κ1) is 26.3. The number of fused-ring (bicyclic) bond motifs is 1. The molecule has 2 aromatic heterocycles. The van der Waals surface area contributed by atoms with Gasteiger partial charge in [-0.2, -0.15) is 0 Å². The highest BCUT2D eigenvalue weighted by atomic mass is 16.5. The van der Waals surface area contributed by atoms with Crippen molar-refractivity contribution < 1.29 is 19.4 Å². The first-order valence-electron chi connectivity index (χ1n) is 13.8. The Hall–Kier alpha value is -3.95. The molecule has 0 spiro atoms. The van der Waals surface area contributed by atoms with E-state index in [4.69, 9.17) is 9.47 Å². The van der Waals surface area contributed by atoms with E-state index < -0.39 is 5.60 Å². The van der Waals surface area contributed by atoms with Crippen LogP contribution in [0.2, 0.25) is 0 Å². The van der Waals surface area contributed by atoms with E-state index >= 15 is 0 Å². The van der Waals surface area contributed by atoms with Crippen LogP contribution in [0.5, 0.6) is 5.75 Å². The third-order valence-electron chi connectivity index (χ3n) is 8.26. The number of methoxy groups -OCH3 is 1. The summed E-state index contributed by atoms with van der Waals surface area (Å²) in [6.07, 6.45) is 5.50. The van der Waals surface area contributed by atoms with Gasteiger partial charge in [-0.05, 0) is 61.6 Å². The van der Waals surface area contributed by atoms with Gasteiger partial charge in [0, 0.05) is 31.6 Å². The van der Waals surface area contributed by atoms with Crippen LogP contribution >= 0.6 is 0 Å². The number of rotatable bonds is 6. The van der Waals surface area contributed by atoms with Gasteiger partial charge in [0.15, 0.2) is 5.65 Å². The Kier molecular flexibility index (Phi) is 7.16. The van der Waals surface area contributed by atoms with Gasteiger partial charge in [0.2, 0.25) is 5.91 Å². The summed E-state index contributed by atoms with van der Waals surface area (Å²) in [6, 6.07) is 19.2. The molecule has 40 heavy (non-hydrogen) atoms. The molecule has 0 saturated carbocycles. The highest BCUT2D eigenvalue weighted by Gasteiger charge is 2.40. The van der Waals surface area contributed by atoms with Crippen molar-refractivity contribution in [1.29, 1.82) is 0 Å². The molecular weight excluding hydrogens is 508 g/mol. The lowest BCUT2D eigenvalue weighted by Gasteiger charge is -2.41. The maximum atomic E-state index is 13.6. The number of hydrogen-bond acceptors (Lipinski definition) is 6. The number of nitrogens with zero attached hydrogens (tertiary/aromatic N) is 4. The molecular formula is C31H34N4O5. The van der Waals surface area contributed by atoms with Gasteiger partial charge in [0.1, 0.15) is 12.1 Å². The number of carbonyl (C=O) groups is 1. The van der Waals surface area contributed by atoms with Crippen LogP contribution in [0.4, 0.5) is 0 Å². The van der Waals surface area contributed by atoms with Gasteiger partial charge >= 0.3 is 0 Å². The number of benzene rings is 2. The van der Waals surface area contributed by atoms with Gasteiger partial charge in [0.25, 0.3) is 5.56 Å². The number of aromatic nitrogens is 3. The molecule has 2 fully saturated rings. The number of aliphatic hydroxyl groups is 1. The second kappa shape index (κ2) is 10.9. The molecule has 0 bridgehead atoms. The first-order chi connectivity index (χ1) is 19.5. The molecule has 0 aliphatic carbocycles.